The van der Waals surface area contributed by atoms with E-state index in [0.717, 1.165) is 47.4 Å². The molecule has 2 aromatic heterocycles. The molecule has 1 N–H and O–H groups in total. The van der Waals surface area contributed by atoms with E-state index in [2.05, 4.69) is 57.6 Å². The van der Waals surface area contributed by atoms with Crippen molar-refractivity contribution in [2.45, 2.75) is 55.9 Å². The van der Waals surface area contributed by atoms with Gasteiger partial charge >= 0.3 is 0 Å². The van der Waals surface area contributed by atoms with Gasteiger partial charge in [-0.3, -0.25) is 4.90 Å². The normalized spacial score (nSPS) is 12.9. The highest BCUT2D eigenvalue weighted by Crippen LogP contribution is 2.44. The van der Waals surface area contributed by atoms with Crippen LogP contribution in [0.3, 0.4) is 0 Å². The second-order valence-corrected chi connectivity index (χ2v) is 8.03. The summed E-state index contributed by atoms with van der Waals surface area (Å²) in [6.45, 7) is 7.45. The molecule has 1 aliphatic rings. The Bertz CT molecular complexity index is 914. The van der Waals surface area contributed by atoms with Crippen molar-refractivity contribution in [3.8, 4) is 0 Å². The molecule has 6 nitrogen and oxygen atoms in total. The summed E-state index contributed by atoms with van der Waals surface area (Å²) in [5.74, 6) is 0.908. The number of unbranched alkanes of at least 4 members (excludes halogenated alkanes) is 2. The van der Waals surface area contributed by atoms with Gasteiger partial charge in [-0.2, -0.15) is 9.61 Å². The molecule has 7 heteroatoms. The number of fused-ring (bicyclic) bond motifs is 4. The lowest BCUT2D eigenvalue weighted by Gasteiger charge is -2.21. The lowest BCUT2D eigenvalue weighted by molar-refractivity contribution is 0.249. The standard InChI is InChI=1S/C20H26N6S/c1-3-5-11-25(12-6-4-2)14-18-23-24-20-19-17(13-21-26(18)20)27-16-10-8-7-9-15(16)22-19/h7-10,13,22H,3-6,11-12,14H2,1-2H3. The Kier molecular flexibility index (Phi) is 5.59. The lowest BCUT2D eigenvalue weighted by atomic mass is 10.2. The molecule has 0 amide bonds. The molecular weight excluding hydrogens is 356 g/mol. The molecule has 0 spiro atoms. The van der Waals surface area contributed by atoms with Crippen molar-refractivity contribution in [2.75, 3.05) is 18.4 Å². The highest BCUT2D eigenvalue weighted by Gasteiger charge is 2.22. The monoisotopic (exact) mass is 382 g/mol. The minimum absolute atomic E-state index is 0.788. The van der Waals surface area contributed by atoms with Crippen molar-refractivity contribution in [3.63, 3.8) is 0 Å². The molecular formula is C20H26N6S. The van der Waals surface area contributed by atoms with Gasteiger partial charge in [-0.1, -0.05) is 50.6 Å². The van der Waals surface area contributed by atoms with E-state index in [1.165, 1.54) is 30.6 Å². The van der Waals surface area contributed by atoms with Gasteiger partial charge in [0.1, 0.15) is 5.69 Å². The van der Waals surface area contributed by atoms with Crippen LogP contribution in [0.4, 0.5) is 11.4 Å². The number of nitrogens with zero attached hydrogens (tertiary/aromatic N) is 5. The van der Waals surface area contributed by atoms with Crippen LogP contribution in [0.25, 0.3) is 5.65 Å². The van der Waals surface area contributed by atoms with Gasteiger partial charge in [-0.05, 0) is 38.1 Å². The number of hydrogen-bond donors (Lipinski definition) is 1. The maximum atomic E-state index is 4.65. The van der Waals surface area contributed by atoms with Gasteiger partial charge in [0.15, 0.2) is 5.82 Å². The van der Waals surface area contributed by atoms with Gasteiger partial charge in [0.25, 0.3) is 0 Å². The van der Waals surface area contributed by atoms with Crippen molar-refractivity contribution < 1.29 is 0 Å². The molecule has 142 valence electrons. The Morgan fingerprint density at radius 1 is 1.04 bits per heavy atom. The number of hydrogen-bond acceptors (Lipinski definition) is 6. The average Bonchev–Trinajstić information content (AvgIpc) is 3.11. The van der Waals surface area contributed by atoms with E-state index in [9.17, 15) is 0 Å². The number of anilines is 2. The summed E-state index contributed by atoms with van der Waals surface area (Å²) in [7, 11) is 0. The van der Waals surface area contributed by atoms with Gasteiger partial charge in [0, 0.05) is 4.90 Å². The zero-order valence-electron chi connectivity index (χ0n) is 16.0. The third kappa shape index (κ3) is 3.80. The molecule has 3 heterocycles. The van der Waals surface area contributed by atoms with Crippen LogP contribution in [0.1, 0.15) is 45.4 Å². The zero-order chi connectivity index (χ0) is 18.6. The Balaban J connectivity index is 1.61. The number of nitrogens with one attached hydrogen (secondary N) is 1. The van der Waals surface area contributed by atoms with E-state index < -0.39 is 0 Å². The molecule has 3 aromatic rings. The molecule has 0 fully saturated rings. The van der Waals surface area contributed by atoms with E-state index in [-0.39, 0.29) is 0 Å². The fourth-order valence-corrected chi connectivity index (χ4v) is 4.27. The molecule has 0 saturated carbocycles. The summed E-state index contributed by atoms with van der Waals surface area (Å²) in [4.78, 5) is 4.78. The van der Waals surface area contributed by atoms with Crippen LogP contribution in [-0.2, 0) is 6.54 Å². The first kappa shape index (κ1) is 18.3. The first-order valence-electron chi connectivity index (χ1n) is 9.79. The topological polar surface area (TPSA) is 58.4 Å². The van der Waals surface area contributed by atoms with Gasteiger partial charge < -0.3 is 5.32 Å². The van der Waals surface area contributed by atoms with Crippen LogP contribution in [0, 0.1) is 0 Å². The molecule has 0 atom stereocenters. The maximum absolute atomic E-state index is 4.65. The van der Waals surface area contributed by atoms with Gasteiger partial charge in [0.2, 0.25) is 5.65 Å². The third-order valence-corrected chi connectivity index (χ3v) is 5.96. The number of aromatic nitrogens is 4. The van der Waals surface area contributed by atoms with Crippen LogP contribution < -0.4 is 5.32 Å². The minimum atomic E-state index is 0.788. The first-order valence-corrected chi connectivity index (χ1v) is 10.6. The third-order valence-electron chi connectivity index (χ3n) is 4.85. The van der Waals surface area contributed by atoms with E-state index in [4.69, 9.17) is 0 Å². The Morgan fingerprint density at radius 2 is 1.81 bits per heavy atom. The zero-order valence-corrected chi connectivity index (χ0v) is 16.8. The molecule has 27 heavy (non-hydrogen) atoms. The van der Waals surface area contributed by atoms with Crippen LogP contribution in [0.15, 0.2) is 40.3 Å². The molecule has 1 aromatic carbocycles. The van der Waals surface area contributed by atoms with Crippen LogP contribution >= 0.6 is 11.8 Å². The van der Waals surface area contributed by atoms with E-state index in [1.807, 2.05) is 16.8 Å². The largest absolute Gasteiger partial charge is 0.350 e. The first-order chi connectivity index (χ1) is 13.3. The fraction of sp³-hybridized carbons (Fsp3) is 0.450. The van der Waals surface area contributed by atoms with Crippen LogP contribution in [-0.4, -0.2) is 37.8 Å². The second-order valence-electron chi connectivity index (χ2n) is 6.94. The van der Waals surface area contributed by atoms with Crippen LogP contribution in [0.2, 0.25) is 0 Å². The second kappa shape index (κ2) is 8.27. The smallest absolute Gasteiger partial charge is 0.202 e. The molecule has 4 rings (SSSR count). The average molecular weight is 383 g/mol. The summed E-state index contributed by atoms with van der Waals surface area (Å²) in [6.07, 6.45) is 6.74. The summed E-state index contributed by atoms with van der Waals surface area (Å²) < 4.78 is 1.89. The summed E-state index contributed by atoms with van der Waals surface area (Å²) in [5.41, 5.74) is 2.91. The molecule has 1 aliphatic heterocycles. The minimum Gasteiger partial charge on any atom is -0.350 e. The van der Waals surface area contributed by atoms with Crippen molar-refractivity contribution in [2.24, 2.45) is 0 Å². The number of rotatable bonds is 8. The molecule has 0 bridgehead atoms. The quantitative estimate of drug-likeness (QED) is 0.475. The van der Waals surface area contributed by atoms with E-state index in [0.29, 0.717) is 0 Å². The molecule has 0 saturated heterocycles. The van der Waals surface area contributed by atoms with Crippen LogP contribution in [0.5, 0.6) is 0 Å². The van der Waals surface area contributed by atoms with Gasteiger partial charge in [-0.15, -0.1) is 10.2 Å². The van der Waals surface area contributed by atoms with Crippen molar-refractivity contribution in [1.29, 1.82) is 0 Å². The summed E-state index contributed by atoms with van der Waals surface area (Å²) in [5, 5.41) is 17.1. The Hall–Kier alpha value is -2.12. The SMILES string of the molecule is CCCCN(CCCC)Cc1nnc2c3c(cnn12)Sc1ccccc1N3. The predicted octanol–water partition coefficient (Wildman–Crippen LogP) is 4.73. The number of para-hydroxylation sites is 1. The van der Waals surface area contributed by atoms with E-state index in [1.54, 1.807) is 11.8 Å². The van der Waals surface area contributed by atoms with Crippen molar-refractivity contribution in [3.05, 3.63) is 36.3 Å². The Morgan fingerprint density at radius 3 is 2.59 bits per heavy atom. The van der Waals surface area contributed by atoms with E-state index >= 15 is 0 Å². The van der Waals surface area contributed by atoms with Crippen molar-refractivity contribution >= 4 is 28.8 Å². The highest BCUT2D eigenvalue weighted by atomic mass is 32.2. The predicted molar refractivity (Wildman–Crippen MR) is 110 cm³/mol. The molecule has 0 unspecified atom stereocenters. The fourth-order valence-electron chi connectivity index (χ4n) is 3.31. The maximum Gasteiger partial charge on any atom is 0.202 e. The number of benzene rings is 1. The highest BCUT2D eigenvalue weighted by molar-refractivity contribution is 7.99. The Labute approximate surface area is 164 Å². The molecule has 0 aliphatic carbocycles. The van der Waals surface area contributed by atoms with Gasteiger partial charge in [0.05, 0.1) is 23.3 Å². The van der Waals surface area contributed by atoms with Crippen molar-refractivity contribution in [1.82, 2.24) is 24.7 Å². The van der Waals surface area contributed by atoms with Gasteiger partial charge in [-0.25, -0.2) is 0 Å². The lowest BCUT2D eigenvalue weighted by Crippen LogP contribution is -2.27. The molecule has 0 radical (unpaired) electrons. The summed E-state index contributed by atoms with van der Waals surface area (Å²) in [6, 6.07) is 8.32. The summed E-state index contributed by atoms with van der Waals surface area (Å²) >= 11 is 1.73.